The van der Waals surface area contributed by atoms with Crippen molar-refractivity contribution in [3.8, 4) is 0 Å². The van der Waals surface area contributed by atoms with E-state index in [0.717, 1.165) is 17.5 Å². The van der Waals surface area contributed by atoms with E-state index in [0.29, 0.717) is 13.1 Å². The molecule has 0 aliphatic carbocycles. The smallest absolute Gasteiger partial charge is 0.221 e. The average Bonchev–Trinajstić information content (AvgIpc) is 2.40. The predicted octanol–water partition coefficient (Wildman–Crippen LogP) is 1.67. The van der Waals surface area contributed by atoms with Gasteiger partial charge in [-0.15, -0.1) is 0 Å². The zero-order valence-corrected chi connectivity index (χ0v) is 13.7. The van der Waals surface area contributed by atoms with Crippen LogP contribution in [0.3, 0.4) is 0 Å². The van der Waals surface area contributed by atoms with Gasteiger partial charge in [0.1, 0.15) is 0 Å². The molecule has 118 valence electrons. The van der Waals surface area contributed by atoms with Crippen molar-refractivity contribution in [2.24, 2.45) is 0 Å². The van der Waals surface area contributed by atoms with E-state index in [-0.39, 0.29) is 18.9 Å². The summed E-state index contributed by atoms with van der Waals surface area (Å²) in [6, 6.07) is 7.91. The monoisotopic (exact) mass is 312 g/mol. The molecule has 0 saturated carbocycles. The van der Waals surface area contributed by atoms with Crippen molar-refractivity contribution < 1.29 is 13.2 Å². The van der Waals surface area contributed by atoms with Crippen LogP contribution < -0.4 is 5.32 Å². The van der Waals surface area contributed by atoms with Gasteiger partial charge in [-0.05, 0) is 18.9 Å². The zero-order chi connectivity index (χ0) is 15.9. The topological polar surface area (TPSA) is 66.5 Å². The van der Waals surface area contributed by atoms with Crippen molar-refractivity contribution in [1.82, 2.24) is 9.62 Å². The molecule has 1 aromatic carbocycles. The van der Waals surface area contributed by atoms with Crippen molar-refractivity contribution in [3.05, 3.63) is 35.4 Å². The van der Waals surface area contributed by atoms with E-state index < -0.39 is 10.0 Å². The first-order chi connectivity index (χ1) is 9.82. The molecule has 0 aliphatic rings. The third-order valence-electron chi connectivity index (χ3n) is 3.10. The number of hydrogen-bond acceptors (Lipinski definition) is 3. The molecule has 6 heteroatoms. The Morgan fingerprint density at radius 2 is 2.00 bits per heavy atom. The maximum atomic E-state index is 11.8. The van der Waals surface area contributed by atoms with Gasteiger partial charge in [-0.2, -0.15) is 0 Å². The van der Waals surface area contributed by atoms with E-state index in [4.69, 9.17) is 0 Å². The van der Waals surface area contributed by atoms with Crippen molar-refractivity contribution in [2.75, 3.05) is 19.3 Å². The van der Waals surface area contributed by atoms with Gasteiger partial charge < -0.3 is 5.32 Å². The summed E-state index contributed by atoms with van der Waals surface area (Å²) >= 11 is 0. The lowest BCUT2D eigenvalue weighted by molar-refractivity contribution is -0.121. The fourth-order valence-corrected chi connectivity index (χ4v) is 2.97. The largest absolute Gasteiger partial charge is 0.352 e. The minimum Gasteiger partial charge on any atom is -0.352 e. The normalized spacial score (nSPS) is 11.6. The molecule has 1 N–H and O–H groups in total. The van der Waals surface area contributed by atoms with Gasteiger partial charge in [-0.1, -0.05) is 36.8 Å². The number of nitrogens with one attached hydrogen (secondary N) is 1. The second-order valence-electron chi connectivity index (χ2n) is 5.18. The number of hydrogen-bond donors (Lipinski definition) is 1. The number of nitrogens with zero attached hydrogens (tertiary/aromatic N) is 1. The summed E-state index contributed by atoms with van der Waals surface area (Å²) in [5, 5.41) is 2.81. The minimum absolute atomic E-state index is 0.138. The van der Waals surface area contributed by atoms with Gasteiger partial charge in [0.15, 0.2) is 0 Å². The van der Waals surface area contributed by atoms with Crippen LogP contribution in [0.15, 0.2) is 24.3 Å². The van der Waals surface area contributed by atoms with Crippen LogP contribution >= 0.6 is 0 Å². The molecule has 0 aliphatic heterocycles. The molecule has 21 heavy (non-hydrogen) atoms. The maximum Gasteiger partial charge on any atom is 0.221 e. The van der Waals surface area contributed by atoms with E-state index in [2.05, 4.69) is 5.32 Å². The molecule has 1 aromatic rings. The summed E-state index contributed by atoms with van der Waals surface area (Å²) in [7, 11) is -3.24. The van der Waals surface area contributed by atoms with Gasteiger partial charge in [0.05, 0.1) is 6.26 Å². The van der Waals surface area contributed by atoms with Crippen LogP contribution in [-0.2, 0) is 21.4 Å². The first-order valence-electron chi connectivity index (χ1n) is 7.10. The highest BCUT2D eigenvalue weighted by atomic mass is 32.2. The zero-order valence-electron chi connectivity index (χ0n) is 12.9. The van der Waals surface area contributed by atoms with Crippen LogP contribution in [-0.4, -0.2) is 38.0 Å². The quantitative estimate of drug-likeness (QED) is 0.794. The van der Waals surface area contributed by atoms with Gasteiger partial charge >= 0.3 is 0 Å². The molecule has 0 aromatic heterocycles. The summed E-state index contributed by atoms with van der Waals surface area (Å²) < 4.78 is 24.4. The first kappa shape index (κ1) is 17.7. The van der Waals surface area contributed by atoms with Crippen LogP contribution in [0.25, 0.3) is 0 Å². The maximum absolute atomic E-state index is 11.8. The standard InChI is InChI=1S/C15H24N2O3S/c1-4-9-17(21(3,19)20)10-8-15(18)16-12-14-7-5-6-13(2)11-14/h5-7,11H,4,8-10,12H2,1-3H3,(H,16,18). The molecule has 0 atom stereocenters. The summed E-state index contributed by atoms with van der Waals surface area (Å²) in [6.07, 6.45) is 2.09. The molecule has 0 radical (unpaired) electrons. The Labute approximate surface area is 127 Å². The van der Waals surface area contributed by atoms with Gasteiger partial charge in [0, 0.05) is 26.1 Å². The molecule has 0 fully saturated rings. The fourth-order valence-electron chi connectivity index (χ4n) is 2.03. The fraction of sp³-hybridized carbons (Fsp3) is 0.533. The van der Waals surface area contributed by atoms with Crippen LogP contribution in [0.4, 0.5) is 0 Å². The summed E-state index contributed by atoms with van der Waals surface area (Å²) in [5.41, 5.74) is 2.19. The van der Waals surface area contributed by atoms with Crippen LogP contribution in [0.5, 0.6) is 0 Å². The molecule has 0 unspecified atom stereocenters. The summed E-state index contributed by atoms with van der Waals surface area (Å²) in [6.45, 7) is 5.06. The first-order valence-corrected chi connectivity index (χ1v) is 8.95. The van der Waals surface area contributed by atoms with Gasteiger partial charge in [-0.25, -0.2) is 12.7 Å². The molecule has 0 spiro atoms. The molecule has 0 bridgehead atoms. The van der Waals surface area contributed by atoms with Crippen LogP contribution in [0.1, 0.15) is 30.9 Å². The Balaban J connectivity index is 2.43. The molecule has 1 amide bonds. The summed E-state index contributed by atoms with van der Waals surface area (Å²) in [5.74, 6) is -0.138. The Morgan fingerprint density at radius 1 is 1.29 bits per heavy atom. The van der Waals surface area contributed by atoms with Gasteiger partial charge in [0.2, 0.25) is 15.9 Å². The molecular weight excluding hydrogens is 288 g/mol. The highest BCUT2D eigenvalue weighted by Gasteiger charge is 2.16. The van der Waals surface area contributed by atoms with Crippen molar-refractivity contribution in [2.45, 2.75) is 33.2 Å². The predicted molar refractivity (Wildman–Crippen MR) is 84.4 cm³/mol. The number of carbonyl (C=O) groups excluding carboxylic acids is 1. The molecular formula is C15H24N2O3S. The van der Waals surface area contributed by atoms with Crippen LogP contribution in [0.2, 0.25) is 0 Å². The van der Waals surface area contributed by atoms with Crippen molar-refractivity contribution >= 4 is 15.9 Å². The minimum atomic E-state index is -3.24. The molecule has 0 heterocycles. The Kier molecular flexibility index (Phi) is 6.84. The lowest BCUT2D eigenvalue weighted by Crippen LogP contribution is -2.35. The summed E-state index contributed by atoms with van der Waals surface area (Å²) in [4.78, 5) is 11.8. The highest BCUT2D eigenvalue weighted by molar-refractivity contribution is 7.88. The molecule has 1 rings (SSSR count). The van der Waals surface area contributed by atoms with E-state index in [1.54, 1.807) is 0 Å². The Morgan fingerprint density at radius 3 is 2.57 bits per heavy atom. The second-order valence-corrected chi connectivity index (χ2v) is 7.16. The van der Waals surface area contributed by atoms with Gasteiger partial charge in [0.25, 0.3) is 0 Å². The lowest BCUT2D eigenvalue weighted by atomic mass is 10.1. The second kappa shape index (κ2) is 8.14. The Hall–Kier alpha value is -1.40. The number of benzene rings is 1. The van der Waals surface area contributed by atoms with E-state index >= 15 is 0 Å². The Bertz CT molecular complexity index is 570. The number of aryl methyl sites for hydroxylation is 1. The number of carbonyl (C=O) groups is 1. The van der Waals surface area contributed by atoms with E-state index in [1.807, 2.05) is 38.1 Å². The highest BCUT2D eigenvalue weighted by Crippen LogP contribution is 2.04. The SMILES string of the molecule is CCCN(CCC(=O)NCc1cccc(C)c1)S(C)(=O)=O. The lowest BCUT2D eigenvalue weighted by Gasteiger charge is -2.18. The third-order valence-corrected chi connectivity index (χ3v) is 4.41. The number of rotatable bonds is 8. The van der Waals surface area contributed by atoms with Gasteiger partial charge in [-0.3, -0.25) is 4.79 Å². The van der Waals surface area contributed by atoms with Crippen LogP contribution in [0, 0.1) is 6.92 Å². The molecule has 0 saturated heterocycles. The molecule has 5 nitrogen and oxygen atoms in total. The average molecular weight is 312 g/mol. The third kappa shape index (κ3) is 6.73. The van der Waals surface area contributed by atoms with Crippen molar-refractivity contribution in [1.29, 1.82) is 0 Å². The van der Waals surface area contributed by atoms with Crippen molar-refractivity contribution in [3.63, 3.8) is 0 Å². The van der Waals surface area contributed by atoms with E-state index in [9.17, 15) is 13.2 Å². The number of amides is 1. The number of sulfonamides is 1. The van der Waals surface area contributed by atoms with E-state index in [1.165, 1.54) is 10.6 Å².